The maximum absolute atomic E-state index is 12.2. The fourth-order valence-corrected chi connectivity index (χ4v) is 1.97. The van der Waals surface area contributed by atoms with Crippen LogP contribution in [0.5, 0.6) is 5.75 Å². The summed E-state index contributed by atoms with van der Waals surface area (Å²) >= 11 is 1.66. The fourth-order valence-electron chi connectivity index (χ4n) is 1.56. The molecular weight excluding hydrogens is 305 g/mol. The van der Waals surface area contributed by atoms with Crippen LogP contribution in [-0.4, -0.2) is 54.2 Å². The molecule has 0 aromatic carbocycles. The number of amides is 1. The third kappa shape index (κ3) is 6.24. The molecule has 118 valence electrons. The van der Waals surface area contributed by atoms with Crippen molar-refractivity contribution in [3.63, 3.8) is 0 Å². The van der Waals surface area contributed by atoms with E-state index in [-0.39, 0.29) is 11.4 Å². The van der Waals surface area contributed by atoms with Gasteiger partial charge < -0.3 is 9.64 Å². The maximum Gasteiger partial charge on any atom is 0.422 e. The van der Waals surface area contributed by atoms with Crippen LogP contribution in [0.4, 0.5) is 13.2 Å². The van der Waals surface area contributed by atoms with E-state index in [1.807, 2.05) is 6.26 Å². The Bertz CT molecular complexity index is 469. The number of rotatable bonds is 7. The number of hydrogen-bond acceptors (Lipinski definition) is 4. The number of pyridine rings is 1. The Balaban J connectivity index is 2.75. The molecule has 4 nitrogen and oxygen atoms in total. The van der Waals surface area contributed by atoms with E-state index in [0.717, 1.165) is 12.2 Å². The van der Waals surface area contributed by atoms with Crippen LogP contribution in [0.2, 0.25) is 0 Å². The first-order valence-corrected chi connectivity index (χ1v) is 7.63. The lowest BCUT2D eigenvalue weighted by atomic mass is 10.3. The Morgan fingerprint density at radius 1 is 1.48 bits per heavy atom. The topological polar surface area (TPSA) is 42.4 Å². The summed E-state index contributed by atoms with van der Waals surface area (Å²) in [7, 11) is 1.59. The van der Waals surface area contributed by atoms with E-state index in [9.17, 15) is 18.0 Å². The van der Waals surface area contributed by atoms with Gasteiger partial charge in [0, 0.05) is 19.8 Å². The Morgan fingerprint density at radius 2 is 2.19 bits per heavy atom. The van der Waals surface area contributed by atoms with E-state index < -0.39 is 18.7 Å². The summed E-state index contributed by atoms with van der Waals surface area (Å²) in [5.41, 5.74) is -0.103. The number of alkyl halides is 3. The molecule has 0 atom stereocenters. The third-order valence-electron chi connectivity index (χ3n) is 2.55. The van der Waals surface area contributed by atoms with Crippen LogP contribution >= 0.6 is 11.8 Å². The minimum atomic E-state index is -4.46. The minimum absolute atomic E-state index is 0.103. The summed E-state index contributed by atoms with van der Waals surface area (Å²) in [6, 6.07) is 2.73. The van der Waals surface area contributed by atoms with Crippen LogP contribution in [0, 0.1) is 0 Å². The van der Waals surface area contributed by atoms with Crippen molar-refractivity contribution >= 4 is 17.7 Å². The molecule has 0 saturated carbocycles. The number of thioether (sulfide) groups is 1. The largest absolute Gasteiger partial charge is 0.482 e. The van der Waals surface area contributed by atoms with Gasteiger partial charge in [-0.15, -0.1) is 0 Å². The number of carbonyl (C=O) groups excluding carboxylic acids is 1. The van der Waals surface area contributed by atoms with Gasteiger partial charge in [0.2, 0.25) is 0 Å². The average Bonchev–Trinajstić information content (AvgIpc) is 2.44. The van der Waals surface area contributed by atoms with Gasteiger partial charge in [0.05, 0.1) is 0 Å². The molecule has 21 heavy (non-hydrogen) atoms. The highest BCUT2D eigenvalue weighted by Crippen LogP contribution is 2.21. The van der Waals surface area contributed by atoms with E-state index in [4.69, 9.17) is 0 Å². The lowest BCUT2D eigenvalue weighted by Gasteiger charge is -2.18. The average molecular weight is 322 g/mol. The molecule has 1 aromatic rings. The number of nitrogens with zero attached hydrogens (tertiary/aromatic N) is 2. The number of hydrogen-bond donors (Lipinski definition) is 0. The molecule has 8 heteroatoms. The first-order valence-electron chi connectivity index (χ1n) is 6.24. The second-order valence-electron chi connectivity index (χ2n) is 4.33. The quantitative estimate of drug-likeness (QED) is 0.724. The van der Waals surface area contributed by atoms with Gasteiger partial charge in [-0.3, -0.25) is 4.79 Å². The zero-order valence-corrected chi connectivity index (χ0v) is 12.6. The molecule has 0 spiro atoms. The second kappa shape index (κ2) is 8.11. The first kappa shape index (κ1) is 17.6. The lowest BCUT2D eigenvalue weighted by Crippen LogP contribution is -2.30. The summed E-state index contributed by atoms with van der Waals surface area (Å²) in [4.78, 5) is 17.4. The van der Waals surface area contributed by atoms with Gasteiger partial charge in [-0.05, 0) is 30.6 Å². The van der Waals surface area contributed by atoms with Gasteiger partial charge >= 0.3 is 6.18 Å². The van der Waals surface area contributed by atoms with Crippen molar-refractivity contribution in [2.75, 3.05) is 32.2 Å². The molecule has 0 aliphatic carbocycles. The summed E-state index contributed by atoms with van der Waals surface area (Å²) in [5.74, 6) is 0.294. The van der Waals surface area contributed by atoms with Crippen LogP contribution in [0.15, 0.2) is 18.3 Å². The van der Waals surface area contributed by atoms with Gasteiger partial charge in [-0.2, -0.15) is 24.9 Å². The number of carbonyl (C=O) groups is 1. The van der Waals surface area contributed by atoms with Crippen LogP contribution in [0.1, 0.15) is 16.9 Å². The Labute approximate surface area is 125 Å². The van der Waals surface area contributed by atoms with Gasteiger partial charge in [0.1, 0.15) is 0 Å². The summed E-state index contributed by atoms with van der Waals surface area (Å²) in [5, 5.41) is 0. The molecule has 1 rings (SSSR count). The SMILES string of the molecule is CSCCCN(C)C(=O)c1ncccc1OCC(F)(F)F. The smallest absolute Gasteiger partial charge is 0.422 e. The van der Waals surface area contributed by atoms with Crippen LogP contribution < -0.4 is 4.74 Å². The summed E-state index contributed by atoms with van der Waals surface area (Å²) in [6.45, 7) is -0.940. The molecule has 1 aromatic heterocycles. The molecule has 0 unspecified atom stereocenters. The van der Waals surface area contributed by atoms with E-state index in [2.05, 4.69) is 9.72 Å². The van der Waals surface area contributed by atoms with Crippen molar-refractivity contribution in [1.82, 2.24) is 9.88 Å². The van der Waals surface area contributed by atoms with Crippen molar-refractivity contribution in [3.05, 3.63) is 24.0 Å². The minimum Gasteiger partial charge on any atom is -0.482 e. The second-order valence-corrected chi connectivity index (χ2v) is 5.31. The normalized spacial score (nSPS) is 11.3. The monoisotopic (exact) mass is 322 g/mol. The molecule has 1 heterocycles. The standard InChI is InChI=1S/C13H17F3N2O2S/c1-18(7-4-8-21-2)12(19)11-10(5-3-6-17-11)20-9-13(14,15)16/h3,5-6H,4,7-9H2,1-2H3. The zero-order valence-electron chi connectivity index (χ0n) is 11.8. The maximum atomic E-state index is 12.2. The summed E-state index contributed by atoms with van der Waals surface area (Å²) < 4.78 is 41.2. The Kier molecular flexibility index (Phi) is 6.80. The number of halogens is 3. The lowest BCUT2D eigenvalue weighted by molar-refractivity contribution is -0.153. The highest BCUT2D eigenvalue weighted by atomic mass is 32.2. The third-order valence-corrected chi connectivity index (χ3v) is 3.25. The van der Waals surface area contributed by atoms with Crippen molar-refractivity contribution in [1.29, 1.82) is 0 Å². The molecule has 0 radical (unpaired) electrons. The molecule has 0 saturated heterocycles. The highest BCUT2D eigenvalue weighted by Gasteiger charge is 2.29. The molecule has 0 bridgehead atoms. The molecule has 0 fully saturated rings. The highest BCUT2D eigenvalue weighted by molar-refractivity contribution is 7.98. The van der Waals surface area contributed by atoms with Crippen LogP contribution in [0.3, 0.4) is 0 Å². The number of ether oxygens (including phenoxy) is 1. The van der Waals surface area contributed by atoms with E-state index in [0.29, 0.717) is 6.54 Å². The van der Waals surface area contributed by atoms with Crippen LogP contribution in [-0.2, 0) is 0 Å². The predicted molar refractivity (Wildman–Crippen MR) is 75.7 cm³/mol. The van der Waals surface area contributed by atoms with Crippen molar-refractivity contribution < 1.29 is 22.7 Å². The van der Waals surface area contributed by atoms with Gasteiger partial charge in [0.15, 0.2) is 18.1 Å². The molecule has 0 aliphatic heterocycles. The molecule has 0 aliphatic rings. The van der Waals surface area contributed by atoms with Gasteiger partial charge in [-0.25, -0.2) is 4.98 Å². The fraction of sp³-hybridized carbons (Fsp3) is 0.538. The zero-order chi connectivity index (χ0) is 15.9. The van der Waals surface area contributed by atoms with Crippen molar-refractivity contribution in [2.45, 2.75) is 12.6 Å². The van der Waals surface area contributed by atoms with Crippen molar-refractivity contribution in [3.8, 4) is 5.75 Å². The van der Waals surface area contributed by atoms with E-state index >= 15 is 0 Å². The molecule has 1 amide bonds. The number of aromatic nitrogens is 1. The Hall–Kier alpha value is -1.44. The van der Waals surface area contributed by atoms with Crippen molar-refractivity contribution in [2.24, 2.45) is 0 Å². The van der Waals surface area contributed by atoms with E-state index in [1.165, 1.54) is 23.2 Å². The molecule has 0 N–H and O–H groups in total. The van der Waals surface area contributed by atoms with E-state index in [1.54, 1.807) is 18.8 Å². The first-order chi connectivity index (χ1) is 9.85. The van der Waals surface area contributed by atoms with Crippen LogP contribution in [0.25, 0.3) is 0 Å². The summed E-state index contributed by atoms with van der Waals surface area (Å²) in [6.07, 6.45) is -0.345. The Morgan fingerprint density at radius 3 is 2.81 bits per heavy atom. The van der Waals surface area contributed by atoms with Gasteiger partial charge in [-0.1, -0.05) is 0 Å². The molecular formula is C13H17F3N2O2S. The van der Waals surface area contributed by atoms with Gasteiger partial charge in [0.25, 0.3) is 5.91 Å². The predicted octanol–water partition coefficient (Wildman–Crippen LogP) is 2.85.